The summed E-state index contributed by atoms with van der Waals surface area (Å²) in [4.78, 5) is 14.5. The molecular formula is C18H26N2O3S2. The largest absolute Gasteiger partial charge is 0.372 e. The van der Waals surface area contributed by atoms with Gasteiger partial charge in [-0.15, -0.1) is 11.8 Å². The topological polar surface area (TPSA) is 66.5 Å². The average Bonchev–Trinajstić information content (AvgIpc) is 2.78. The smallest absolute Gasteiger partial charge is 0.234 e. The summed E-state index contributed by atoms with van der Waals surface area (Å²) >= 11 is 1.44. The molecule has 138 valence electrons. The maximum absolute atomic E-state index is 12.1. The molecule has 2 fully saturated rings. The number of nitrogens with one attached hydrogen (secondary N) is 1. The minimum atomic E-state index is -2.88. The zero-order valence-corrected chi connectivity index (χ0v) is 16.1. The first-order valence-corrected chi connectivity index (χ1v) is 11.9. The van der Waals surface area contributed by atoms with Crippen molar-refractivity contribution in [2.24, 2.45) is 0 Å². The number of carbonyl (C=O) groups is 1. The number of sulfone groups is 1. The lowest BCUT2D eigenvalue weighted by atomic mass is 10.2. The Morgan fingerprint density at radius 2 is 1.80 bits per heavy atom. The van der Waals surface area contributed by atoms with E-state index in [2.05, 4.69) is 22.3 Å². The summed E-state index contributed by atoms with van der Waals surface area (Å²) < 4.78 is 22.9. The summed E-state index contributed by atoms with van der Waals surface area (Å²) in [7, 11) is -2.88. The van der Waals surface area contributed by atoms with Crippen molar-refractivity contribution in [1.29, 1.82) is 0 Å². The molecule has 0 aliphatic carbocycles. The third-order valence-electron chi connectivity index (χ3n) is 4.76. The van der Waals surface area contributed by atoms with Crippen LogP contribution in [0.15, 0.2) is 24.3 Å². The number of hydrogen-bond donors (Lipinski definition) is 1. The van der Waals surface area contributed by atoms with E-state index in [-0.39, 0.29) is 22.7 Å². The monoisotopic (exact) mass is 382 g/mol. The summed E-state index contributed by atoms with van der Waals surface area (Å²) in [5.41, 5.74) is 2.01. The molecule has 25 heavy (non-hydrogen) atoms. The molecule has 1 aromatic carbocycles. The van der Waals surface area contributed by atoms with Crippen LogP contribution in [-0.2, 0) is 14.6 Å². The summed E-state index contributed by atoms with van der Waals surface area (Å²) in [5.74, 6) is 0.685. The Balaban J connectivity index is 1.46. The first kappa shape index (κ1) is 18.6. The van der Waals surface area contributed by atoms with Crippen molar-refractivity contribution < 1.29 is 13.2 Å². The zero-order valence-electron chi connectivity index (χ0n) is 14.4. The maximum Gasteiger partial charge on any atom is 0.234 e. The molecule has 0 saturated carbocycles. The molecule has 5 nitrogen and oxygen atoms in total. The standard InChI is InChI=1S/C18H26N2O3S2/c21-18(13-24-17-9-12-25(22,23)14-17)19-15-5-7-16(8-6-15)20-10-3-1-2-4-11-20/h5-8,17H,1-4,9-14H2,(H,19,21)/t17-/m0/s1. The molecule has 1 N–H and O–H groups in total. The van der Waals surface area contributed by atoms with Gasteiger partial charge in [0.1, 0.15) is 0 Å². The second-order valence-corrected chi connectivity index (χ2v) is 10.3. The predicted molar refractivity (Wildman–Crippen MR) is 105 cm³/mol. The summed E-state index contributed by atoms with van der Waals surface area (Å²) in [6, 6.07) is 8.03. The van der Waals surface area contributed by atoms with Gasteiger partial charge >= 0.3 is 0 Å². The van der Waals surface area contributed by atoms with E-state index in [4.69, 9.17) is 0 Å². The Morgan fingerprint density at radius 1 is 1.12 bits per heavy atom. The van der Waals surface area contributed by atoms with Gasteiger partial charge in [0.15, 0.2) is 9.84 Å². The number of benzene rings is 1. The number of nitrogens with zero attached hydrogens (tertiary/aromatic N) is 1. The van der Waals surface area contributed by atoms with Crippen LogP contribution in [0.1, 0.15) is 32.1 Å². The van der Waals surface area contributed by atoms with E-state index >= 15 is 0 Å². The quantitative estimate of drug-likeness (QED) is 0.848. The van der Waals surface area contributed by atoms with Gasteiger partial charge in [-0.05, 0) is 43.5 Å². The Bertz CT molecular complexity index is 681. The van der Waals surface area contributed by atoms with Crippen molar-refractivity contribution in [3.8, 4) is 0 Å². The molecule has 2 heterocycles. The zero-order chi connectivity index (χ0) is 17.7. The summed E-state index contributed by atoms with van der Waals surface area (Å²) in [5, 5.41) is 2.96. The summed E-state index contributed by atoms with van der Waals surface area (Å²) in [6.07, 6.45) is 5.76. The summed E-state index contributed by atoms with van der Waals surface area (Å²) in [6.45, 7) is 2.21. The highest BCUT2D eigenvalue weighted by Crippen LogP contribution is 2.25. The fourth-order valence-electron chi connectivity index (χ4n) is 3.37. The fraction of sp³-hybridized carbons (Fsp3) is 0.611. The van der Waals surface area contributed by atoms with Crippen molar-refractivity contribution in [3.05, 3.63) is 24.3 Å². The molecule has 2 aliphatic heterocycles. The van der Waals surface area contributed by atoms with Crippen molar-refractivity contribution >= 4 is 38.9 Å². The van der Waals surface area contributed by atoms with Gasteiger partial charge in [-0.3, -0.25) is 4.79 Å². The van der Waals surface area contributed by atoms with E-state index in [1.54, 1.807) is 0 Å². The highest BCUT2D eigenvalue weighted by atomic mass is 32.2. The molecule has 0 spiro atoms. The second kappa shape index (κ2) is 8.45. The van der Waals surface area contributed by atoms with Gasteiger partial charge in [0.05, 0.1) is 17.3 Å². The van der Waals surface area contributed by atoms with Crippen LogP contribution in [0.3, 0.4) is 0 Å². The van der Waals surface area contributed by atoms with E-state index in [0.717, 1.165) is 18.8 Å². The lowest BCUT2D eigenvalue weighted by molar-refractivity contribution is -0.113. The molecule has 3 rings (SSSR count). The molecule has 2 aliphatic rings. The van der Waals surface area contributed by atoms with E-state index in [9.17, 15) is 13.2 Å². The Morgan fingerprint density at radius 3 is 2.40 bits per heavy atom. The molecule has 0 unspecified atom stereocenters. The van der Waals surface area contributed by atoms with Crippen molar-refractivity contribution in [3.63, 3.8) is 0 Å². The normalized spacial score (nSPS) is 23.2. The van der Waals surface area contributed by atoms with Gasteiger partial charge in [-0.1, -0.05) is 12.8 Å². The van der Waals surface area contributed by atoms with Crippen molar-refractivity contribution in [2.75, 3.05) is 40.6 Å². The van der Waals surface area contributed by atoms with E-state index in [1.165, 1.54) is 43.1 Å². The lowest BCUT2D eigenvalue weighted by Crippen LogP contribution is -2.23. The maximum atomic E-state index is 12.1. The van der Waals surface area contributed by atoms with Crippen LogP contribution in [-0.4, -0.2) is 49.9 Å². The van der Waals surface area contributed by atoms with Crippen LogP contribution in [0.5, 0.6) is 0 Å². The average molecular weight is 383 g/mol. The van der Waals surface area contributed by atoms with Crippen LogP contribution in [0.25, 0.3) is 0 Å². The molecule has 1 aromatic rings. The Labute approximate surface area is 154 Å². The minimum absolute atomic E-state index is 0.0566. The van der Waals surface area contributed by atoms with Gasteiger partial charge in [0.25, 0.3) is 0 Å². The van der Waals surface area contributed by atoms with Gasteiger partial charge < -0.3 is 10.2 Å². The van der Waals surface area contributed by atoms with Crippen LogP contribution in [0.4, 0.5) is 11.4 Å². The molecule has 1 amide bonds. The molecule has 0 radical (unpaired) electrons. The number of hydrogen-bond acceptors (Lipinski definition) is 5. The molecule has 1 atom stereocenters. The number of anilines is 2. The Kier molecular flexibility index (Phi) is 6.28. The van der Waals surface area contributed by atoms with Gasteiger partial charge in [0.2, 0.25) is 5.91 Å². The number of carbonyl (C=O) groups excluding carboxylic acids is 1. The number of amides is 1. The third kappa shape index (κ3) is 5.64. The highest BCUT2D eigenvalue weighted by molar-refractivity contribution is 8.02. The minimum Gasteiger partial charge on any atom is -0.372 e. The number of rotatable bonds is 5. The molecule has 0 bridgehead atoms. The second-order valence-electron chi connectivity index (χ2n) is 6.83. The fourth-order valence-corrected chi connectivity index (χ4v) is 6.81. The van der Waals surface area contributed by atoms with Gasteiger partial charge in [-0.25, -0.2) is 8.42 Å². The lowest BCUT2D eigenvalue weighted by Gasteiger charge is -2.22. The molecular weight excluding hydrogens is 356 g/mol. The third-order valence-corrected chi connectivity index (χ3v) is 8.04. The highest BCUT2D eigenvalue weighted by Gasteiger charge is 2.28. The van der Waals surface area contributed by atoms with E-state index in [0.29, 0.717) is 12.2 Å². The Hall–Kier alpha value is -1.21. The van der Waals surface area contributed by atoms with Crippen molar-refractivity contribution in [2.45, 2.75) is 37.4 Å². The van der Waals surface area contributed by atoms with Crippen LogP contribution in [0.2, 0.25) is 0 Å². The van der Waals surface area contributed by atoms with E-state index < -0.39 is 9.84 Å². The molecule has 2 saturated heterocycles. The van der Waals surface area contributed by atoms with Crippen LogP contribution in [0, 0.1) is 0 Å². The molecule has 7 heteroatoms. The molecule has 0 aromatic heterocycles. The van der Waals surface area contributed by atoms with Gasteiger partial charge in [0, 0.05) is 29.7 Å². The number of thioether (sulfide) groups is 1. The first-order chi connectivity index (χ1) is 12.0. The van der Waals surface area contributed by atoms with Crippen LogP contribution >= 0.6 is 11.8 Å². The first-order valence-electron chi connectivity index (χ1n) is 8.99. The van der Waals surface area contributed by atoms with Crippen LogP contribution < -0.4 is 10.2 Å². The van der Waals surface area contributed by atoms with Crippen molar-refractivity contribution in [1.82, 2.24) is 0 Å². The predicted octanol–water partition coefficient (Wildman–Crippen LogP) is 2.93. The SMILES string of the molecule is O=C(CS[C@H]1CCS(=O)(=O)C1)Nc1ccc(N2CCCCCC2)cc1. The van der Waals surface area contributed by atoms with E-state index in [1.807, 2.05) is 12.1 Å². The van der Waals surface area contributed by atoms with Gasteiger partial charge in [-0.2, -0.15) is 0 Å².